The standard InChI is InChI=1S/C21H24N4O6/c1-11-8-13(11)19(27)24-15-10-17(30-4)16(29-3)9-14(15)20(28)31-12(2)18(26)25-21-22-6-5-7-23-21/h5-7,9-13H,8H2,1-4H3,(H,24,27)(H,22,23,25,26). The zero-order chi connectivity index (χ0) is 22.5. The minimum absolute atomic E-state index is 0.0370. The number of carbonyl (C=O) groups excluding carboxylic acids is 3. The Morgan fingerprint density at radius 1 is 1.06 bits per heavy atom. The lowest BCUT2D eigenvalue weighted by Gasteiger charge is -2.17. The van der Waals surface area contributed by atoms with Crippen molar-refractivity contribution in [2.24, 2.45) is 11.8 Å². The molecule has 2 amide bonds. The molecule has 3 rings (SSSR count). The fourth-order valence-electron chi connectivity index (χ4n) is 2.92. The number of nitrogens with one attached hydrogen (secondary N) is 2. The molecule has 2 N–H and O–H groups in total. The van der Waals surface area contributed by atoms with Gasteiger partial charge in [-0.3, -0.25) is 14.9 Å². The van der Waals surface area contributed by atoms with Crippen LogP contribution in [0, 0.1) is 11.8 Å². The second-order valence-electron chi connectivity index (χ2n) is 7.17. The van der Waals surface area contributed by atoms with Crippen LogP contribution in [0.2, 0.25) is 0 Å². The van der Waals surface area contributed by atoms with Crippen LogP contribution < -0.4 is 20.1 Å². The van der Waals surface area contributed by atoms with Crippen molar-refractivity contribution in [1.82, 2.24) is 9.97 Å². The van der Waals surface area contributed by atoms with Crippen molar-refractivity contribution in [2.45, 2.75) is 26.4 Å². The SMILES string of the molecule is COc1cc(NC(=O)C2CC2C)c(C(=O)OC(C)C(=O)Nc2ncccn2)cc1OC. The van der Waals surface area contributed by atoms with Crippen molar-refractivity contribution in [1.29, 1.82) is 0 Å². The molecule has 0 spiro atoms. The summed E-state index contributed by atoms with van der Waals surface area (Å²) >= 11 is 0. The van der Waals surface area contributed by atoms with Crippen molar-refractivity contribution in [3.63, 3.8) is 0 Å². The van der Waals surface area contributed by atoms with Crippen LogP contribution in [0.15, 0.2) is 30.6 Å². The summed E-state index contributed by atoms with van der Waals surface area (Å²) in [5.74, 6) is -0.706. The molecule has 0 aliphatic heterocycles. The number of ether oxygens (including phenoxy) is 3. The molecule has 2 aromatic rings. The molecule has 0 saturated heterocycles. The summed E-state index contributed by atoms with van der Waals surface area (Å²) < 4.78 is 15.8. The van der Waals surface area contributed by atoms with E-state index in [9.17, 15) is 14.4 Å². The van der Waals surface area contributed by atoms with Crippen molar-refractivity contribution >= 4 is 29.4 Å². The summed E-state index contributed by atoms with van der Waals surface area (Å²) in [5.41, 5.74) is 0.251. The van der Waals surface area contributed by atoms with Crippen molar-refractivity contribution < 1.29 is 28.6 Å². The van der Waals surface area contributed by atoms with Gasteiger partial charge < -0.3 is 19.5 Å². The molecule has 3 atom stereocenters. The van der Waals surface area contributed by atoms with E-state index in [2.05, 4.69) is 20.6 Å². The summed E-state index contributed by atoms with van der Waals surface area (Å²) in [6, 6.07) is 4.50. The van der Waals surface area contributed by atoms with Gasteiger partial charge in [-0.2, -0.15) is 0 Å². The van der Waals surface area contributed by atoms with Crippen LogP contribution in [0.4, 0.5) is 11.6 Å². The summed E-state index contributed by atoms with van der Waals surface area (Å²) in [4.78, 5) is 45.4. The summed E-state index contributed by atoms with van der Waals surface area (Å²) in [6.45, 7) is 3.39. The third-order valence-corrected chi connectivity index (χ3v) is 4.90. The fraction of sp³-hybridized carbons (Fsp3) is 0.381. The lowest BCUT2D eigenvalue weighted by Crippen LogP contribution is -2.31. The first-order valence-electron chi connectivity index (χ1n) is 9.69. The highest BCUT2D eigenvalue weighted by molar-refractivity contribution is 6.04. The molecular weight excluding hydrogens is 404 g/mol. The number of rotatable bonds is 8. The van der Waals surface area contributed by atoms with E-state index >= 15 is 0 Å². The predicted octanol–water partition coefficient (Wildman–Crippen LogP) is 2.27. The molecule has 0 radical (unpaired) electrons. The van der Waals surface area contributed by atoms with E-state index in [1.54, 1.807) is 6.07 Å². The molecule has 1 aromatic heterocycles. The Morgan fingerprint density at radius 2 is 1.68 bits per heavy atom. The maximum atomic E-state index is 12.9. The Kier molecular flexibility index (Phi) is 6.68. The second-order valence-corrected chi connectivity index (χ2v) is 7.17. The van der Waals surface area contributed by atoms with Gasteiger partial charge >= 0.3 is 5.97 Å². The van der Waals surface area contributed by atoms with Gasteiger partial charge in [0.15, 0.2) is 17.6 Å². The van der Waals surface area contributed by atoms with Crippen LogP contribution in [-0.4, -0.2) is 48.1 Å². The van der Waals surface area contributed by atoms with Crippen LogP contribution in [0.3, 0.4) is 0 Å². The summed E-state index contributed by atoms with van der Waals surface area (Å²) in [6.07, 6.45) is 2.59. The van der Waals surface area contributed by atoms with E-state index in [4.69, 9.17) is 14.2 Å². The highest BCUT2D eigenvalue weighted by atomic mass is 16.5. The maximum absolute atomic E-state index is 12.9. The number of benzene rings is 1. The average molecular weight is 428 g/mol. The van der Waals surface area contributed by atoms with Gasteiger partial charge in [-0.25, -0.2) is 14.8 Å². The number of nitrogens with zero attached hydrogens (tertiary/aromatic N) is 2. The van der Waals surface area contributed by atoms with E-state index in [1.165, 1.54) is 45.7 Å². The molecular formula is C21H24N4O6. The number of hydrogen-bond donors (Lipinski definition) is 2. The first-order valence-corrected chi connectivity index (χ1v) is 9.69. The largest absolute Gasteiger partial charge is 0.493 e. The van der Waals surface area contributed by atoms with Gasteiger partial charge in [0.25, 0.3) is 5.91 Å². The predicted molar refractivity (Wildman–Crippen MR) is 111 cm³/mol. The number of esters is 1. The van der Waals surface area contributed by atoms with Gasteiger partial charge in [0, 0.05) is 30.4 Å². The number of carbonyl (C=O) groups is 3. The molecule has 3 unspecified atom stereocenters. The first kappa shape index (κ1) is 22.0. The smallest absolute Gasteiger partial charge is 0.341 e. The van der Waals surface area contributed by atoms with E-state index in [0.29, 0.717) is 11.7 Å². The van der Waals surface area contributed by atoms with Crippen molar-refractivity contribution in [3.05, 3.63) is 36.2 Å². The molecule has 31 heavy (non-hydrogen) atoms. The molecule has 1 aliphatic rings. The van der Waals surface area contributed by atoms with Crippen molar-refractivity contribution in [2.75, 3.05) is 24.9 Å². The summed E-state index contributed by atoms with van der Waals surface area (Å²) in [7, 11) is 2.87. The molecule has 0 bridgehead atoms. The van der Waals surface area contributed by atoms with Crippen LogP contribution in [0.1, 0.15) is 30.6 Å². The number of methoxy groups -OCH3 is 2. The van der Waals surface area contributed by atoms with Crippen molar-refractivity contribution in [3.8, 4) is 11.5 Å². The minimum atomic E-state index is -1.14. The van der Waals surface area contributed by atoms with Crippen LogP contribution in [-0.2, 0) is 14.3 Å². The minimum Gasteiger partial charge on any atom is -0.493 e. The van der Waals surface area contributed by atoms with Gasteiger partial charge in [-0.05, 0) is 25.3 Å². The van der Waals surface area contributed by atoms with E-state index < -0.39 is 18.0 Å². The van der Waals surface area contributed by atoms with Gasteiger partial charge in [-0.1, -0.05) is 6.92 Å². The van der Waals surface area contributed by atoms with Crippen LogP contribution in [0.25, 0.3) is 0 Å². The van der Waals surface area contributed by atoms with Gasteiger partial charge in [0.2, 0.25) is 11.9 Å². The Labute approximate surface area is 179 Å². The van der Waals surface area contributed by atoms with E-state index in [1.807, 2.05) is 6.92 Å². The fourth-order valence-corrected chi connectivity index (χ4v) is 2.92. The zero-order valence-corrected chi connectivity index (χ0v) is 17.7. The highest BCUT2D eigenvalue weighted by Gasteiger charge is 2.39. The third-order valence-electron chi connectivity index (χ3n) is 4.90. The summed E-state index contributed by atoms with van der Waals surface area (Å²) in [5, 5.41) is 5.22. The average Bonchev–Trinajstić information content (AvgIpc) is 3.50. The second kappa shape index (κ2) is 9.41. The highest BCUT2D eigenvalue weighted by Crippen LogP contribution is 2.40. The molecule has 1 saturated carbocycles. The topological polar surface area (TPSA) is 129 Å². The quantitative estimate of drug-likeness (QED) is 0.613. The Bertz CT molecular complexity index is 981. The monoisotopic (exact) mass is 428 g/mol. The van der Waals surface area contributed by atoms with Crippen LogP contribution in [0.5, 0.6) is 11.5 Å². The number of hydrogen-bond acceptors (Lipinski definition) is 8. The normalized spacial score (nSPS) is 17.8. The maximum Gasteiger partial charge on any atom is 0.341 e. The van der Waals surface area contributed by atoms with E-state index in [-0.39, 0.29) is 34.8 Å². The molecule has 1 fully saturated rings. The zero-order valence-electron chi connectivity index (χ0n) is 17.7. The number of aromatic nitrogens is 2. The van der Waals surface area contributed by atoms with Gasteiger partial charge in [0.05, 0.1) is 25.5 Å². The first-order chi connectivity index (χ1) is 14.8. The van der Waals surface area contributed by atoms with Crippen LogP contribution >= 0.6 is 0 Å². The molecule has 1 aliphatic carbocycles. The van der Waals surface area contributed by atoms with Gasteiger partial charge in [0.1, 0.15) is 0 Å². The molecule has 1 heterocycles. The Balaban J connectivity index is 1.79. The molecule has 10 nitrogen and oxygen atoms in total. The third kappa shape index (κ3) is 5.27. The molecule has 10 heteroatoms. The number of anilines is 2. The molecule has 164 valence electrons. The van der Waals surface area contributed by atoms with Gasteiger partial charge in [-0.15, -0.1) is 0 Å². The number of amides is 2. The Hall–Kier alpha value is -3.69. The molecule has 1 aromatic carbocycles. The lowest BCUT2D eigenvalue weighted by molar-refractivity contribution is -0.124. The van der Waals surface area contributed by atoms with E-state index in [0.717, 1.165) is 6.42 Å². The Morgan fingerprint density at radius 3 is 2.26 bits per heavy atom. The lowest BCUT2D eigenvalue weighted by atomic mass is 10.1.